The smallest absolute Gasteiger partial charge is 0.343 e. The molecule has 0 bridgehead atoms. The van der Waals surface area contributed by atoms with Crippen LogP contribution >= 0.6 is 0 Å². The number of aromatic hydroxyl groups is 5. The minimum atomic E-state index is -1.13. The van der Waals surface area contributed by atoms with Gasteiger partial charge in [-0.25, -0.2) is 9.59 Å². The van der Waals surface area contributed by atoms with Gasteiger partial charge < -0.3 is 35.0 Å². The van der Waals surface area contributed by atoms with Gasteiger partial charge in [-0.15, -0.1) is 0 Å². The number of phenolic OH excluding ortho intramolecular Hbond substituents is 5. The van der Waals surface area contributed by atoms with Crippen molar-refractivity contribution in [1.29, 1.82) is 0 Å². The number of carbonyl (C=O) groups is 2. The van der Waals surface area contributed by atoms with E-state index in [1.807, 2.05) is 6.92 Å². The van der Waals surface area contributed by atoms with Crippen molar-refractivity contribution in [3.8, 4) is 34.5 Å². The minimum Gasteiger partial charge on any atom is -0.504 e. The molecule has 150 valence electrons. The van der Waals surface area contributed by atoms with Gasteiger partial charge in [0.05, 0.1) is 17.7 Å². The van der Waals surface area contributed by atoms with E-state index < -0.39 is 46.4 Å². The highest BCUT2D eigenvalue weighted by atomic mass is 16.5. The van der Waals surface area contributed by atoms with Crippen LogP contribution in [-0.2, 0) is 4.74 Å². The van der Waals surface area contributed by atoms with E-state index in [1.54, 1.807) is 0 Å². The van der Waals surface area contributed by atoms with E-state index in [4.69, 9.17) is 9.47 Å². The molecule has 0 heterocycles. The van der Waals surface area contributed by atoms with Gasteiger partial charge in [-0.3, -0.25) is 0 Å². The summed E-state index contributed by atoms with van der Waals surface area (Å²) in [4.78, 5) is 24.2. The number of phenols is 5. The topological polar surface area (TPSA) is 154 Å². The summed E-state index contributed by atoms with van der Waals surface area (Å²) in [5.41, 5.74) is -0.495. The zero-order valence-corrected chi connectivity index (χ0v) is 15.0. The van der Waals surface area contributed by atoms with Crippen LogP contribution in [-0.4, -0.2) is 44.1 Å². The summed E-state index contributed by atoms with van der Waals surface area (Å²) < 4.78 is 9.98. The van der Waals surface area contributed by atoms with Crippen LogP contribution in [0.1, 0.15) is 46.9 Å². The van der Waals surface area contributed by atoms with Crippen molar-refractivity contribution >= 4 is 11.9 Å². The Morgan fingerprint density at radius 2 is 1.32 bits per heavy atom. The molecule has 0 saturated heterocycles. The molecule has 9 nitrogen and oxygen atoms in total. The summed E-state index contributed by atoms with van der Waals surface area (Å²) in [5, 5.41) is 47.9. The highest BCUT2D eigenvalue weighted by molar-refractivity contribution is 5.94. The summed E-state index contributed by atoms with van der Waals surface area (Å²) in [7, 11) is 0. The summed E-state index contributed by atoms with van der Waals surface area (Å²) in [5.74, 6) is -6.27. The van der Waals surface area contributed by atoms with E-state index in [0.29, 0.717) is 6.42 Å². The molecule has 0 fully saturated rings. The van der Waals surface area contributed by atoms with Crippen LogP contribution in [0.15, 0.2) is 24.3 Å². The van der Waals surface area contributed by atoms with Crippen molar-refractivity contribution < 1.29 is 44.6 Å². The van der Waals surface area contributed by atoms with Crippen LogP contribution in [0.2, 0.25) is 0 Å². The maximum Gasteiger partial charge on any atom is 0.343 e. The number of esters is 2. The lowest BCUT2D eigenvalue weighted by molar-refractivity contribution is 0.0495. The number of hydrogen-bond acceptors (Lipinski definition) is 9. The molecule has 0 aliphatic rings. The van der Waals surface area contributed by atoms with Crippen LogP contribution < -0.4 is 4.74 Å². The molecule has 0 spiro atoms. The molecule has 0 saturated carbocycles. The lowest BCUT2D eigenvalue weighted by Gasteiger charge is -2.11. The first-order chi connectivity index (χ1) is 13.2. The molecule has 0 amide bonds. The third kappa shape index (κ3) is 4.76. The van der Waals surface area contributed by atoms with Crippen molar-refractivity contribution in [1.82, 2.24) is 0 Å². The predicted molar refractivity (Wildman–Crippen MR) is 96.0 cm³/mol. The number of unbranched alkanes of at least 4 members (excludes halogenated alkanes) is 2. The lowest BCUT2D eigenvalue weighted by Crippen LogP contribution is -2.10. The van der Waals surface area contributed by atoms with Crippen molar-refractivity contribution in [2.45, 2.75) is 26.2 Å². The van der Waals surface area contributed by atoms with Crippen LogP contribution in [0.4, 0.5) is 0 Å². The highest BCUT2D eigenvalue weighted by Crippen LogP contribution is 2.39. The Morgan fingerprint density at radius 1 is 0.786 bits per heavy atom. The van der Waals surface area contributed by atoms with Crippen molar-refractivity contribution in [2.24, 2.45) is 0 Å². The monoisotopic (exact) mass is 392 g/mol. The summed E-state index contributed by atoms with van der Waals surface area (Å²) in [6.07, 6.45) is 2.49. The molecule has 9 heteroatoms. The molecule has 0 atom stereocenters. The molecule has 0 radical (unpaired) electrons. The van der Waals surface area contributed by atoms with Gasteiger partial charge in [0, 0.05) is 0 Å². The fraction of sp³-hybridized carbons (Fsp3) is 0.263. The maximum absolute atomic E-state index is 12.2. The summed E-state index contributed by atoms with van der Waals surface area (Å²) in [6.45, 7) is 2.17. The number of ether oxygens (including phenoxy) is 2. The molecular weight excluding hydrogens is 372 g/mol. The number of rotatable bonds is 7. The molecular formula is C19H20O9. The molecule has 2 rings (SSSR count). The number of hydrogen-bond donors (Lipinski definition) is 5. The standard InChI is InChI=1S/C19H20O9/c1-2-3-4-5-27-18(25)11-8-14(22)17(24)15(9-11)28-19(26)10-6-12(20)16(23)13(21)7-10/h6-9,20-24H,2-5H2,1H3. The minimum absolute atomic E-state index is 0.147. The Kier molecular flexibility index (Phi) is 6.54. The Balaban J connectivity index is 2.22. The molecule has 2 aromatic rings. The Morgan fingerprint density at radius 3 is 1.89 bits per heavy atom. The quantitative estimate of drug-likeness (QED) is 0.207. The molecule has 0 aliphatic heterocycles. The molecule has 2 aromatic carbocycles. The summed E-state index contributed by atoms with van der Waals surface area (Å²) >= 11 is 0. The molecule has 0 aromatic heterocycles. The van der Waals surface area contributed by atoms with E-state index in [1.165, 1.54) is 0 Å². The van der Waals surface area contributed by atoms with E-state index in [0.717, 1.165) is 37.1 Å². The van der Waals surface area contributed by atoms with Gasteiger partial charge in [-0.1, -0.05) is 19.8 Å². The highest BCUT2D eigenvalue weighted by Gasteiger charge is 2.21. The number of benzene rings is 2. The lowest BCUT2D eigenvalue weighted by atomic mass is 10.1. The van der Waals surface area contributed by atoms with E-state index in [-0.39, 0.29) is 17.7 Å². The van der Waals surface area contributed by atoms with Crippen molar-refractivity contribution in [3.05, 3.63) is 35.4 Å². The van der Waals surface area contributed by atoms with Gasteiger partial charge in [-0.05, 0) is 30.7 Å². The zero-order valence-electron chi connectivity index (χ0n) is 15.0. The van der Waals surface area contributed by atoms with E-state index in [2.05, 4.69) is 0 Å². The fourth-order valence-electron chi connectivity index (χ4n) is 2.27. The molecule has 5 N–H and O–H groups in total. The van der Waals surface area contributed by atoms with Gasteiger partial charge in [0.15, 0.2) is 28.7 Å². The predicted octanol–water partition coefficient (Wildman–Crippen LogP) is 2.78. The average molecular weight is 392 g/mol. The van der Waals surface area contributed by atoms with Crippen molar-refractivity contribution in [2.75, 3.05) is 6.61 Å². The van der Waals surface area contributed by atoms with Crippen LogP contribution in [0.5, 0.6) is 34.5 Å². The van der Waals surface area contributed by atoms with Gasteiger partial charge in [0.2, 0.25) is 5.75 Å². The third-order valence-electron chi connectivity index (χ3n) is 3.78. The van der Waals surface area contributed by atoms with Gasteiger partial charge in [0.1, 0.15) is 0 Å². The first-order valence-corrected chi connectivity index (χ1v) is 8.44. The van der Waals surface area contributed by atoms with Gasteiger partial charge in [-0.2, -0.15) is 0 Å². The van der Waals surface area contributed by atoms with Crippen LogP contribution in [0.25, 0.3) is 0 Å². The van der Waals surface area contributed by atoms with E-state index >= 15 is 0 Å². The van der Waals surface area contributed by atoms with Crippen LogP contribution in [0, 0.1) is 0 Å². The maximum atomic E-state index is 12.2. The fourth-order valence-corrected chi connectivity index (χ4v) is 2.27. The second-order valence-electron chi connectivity index (χ2n) is 5.94. The average Bonchev–Trinajstić information content (AvgIpc) is 2.66. The second kappa shape index (κ2) is 8.85. The van der Waals surface area contributed by atoms with Gasteiger partial charge in [0.25, 0.3) is 0 Å². The zero-order chi connectivity index (χ0) is 20.8. The van der Waals surface area contributed by atoms with Crippen molar-refractivity contribution in [3.63, 3.8) is 0 Å². The van der Waals surface area contributed by atoms with Gasteiger partial charge >= 0.3 is 11.9 Å². The molecule has 28 heavy (non-hydrogen) atoms. The summed E-state index contributed by atoms with van der Waals surface area (Å²) in [6, 6.07) is 3.64. The normalized spacial score (nSPS) is 10.5. The molecule has 0 aliphatic carbocycles. The first-order valence-electron chi connectivity index (χ1n) is 8.44. The SMILES string of the molecule is CCCCCOC(=O)c1cc(O)c(O)c(OC(=O)c2cc(O)c(O)c(O)c2)c1. The number of carbonyl (C=O) groups excluding carboxylic acids is 2. The Bertz CT molecular complexity index is 866. The largest absolute Gasteiger partial charge is 0.504 e. The van der Waals surface area contributed by atoms with Crippen LogP contribution in [0.3, 0.4) is 0 Å². The second-order valence-corrected chi connectivity index (χ2v) is 5.94. The first kappa shape index (κ1) is 20.7. The Labute approximate surface area is 160 Å². The molecule has 0 unspecified atom stereocenters. The van der Waals surface area contributed by atoms with E-state index in [9.17, 15) is 35.1 Å². The third-order valence-corrected chi connectivity index (χ3v) is 3.78. The Hall–Kier alpha value is -3.62.